The highest BCUT2D eigenvalue weighted by Crippen LogP contribution is 2.37. The van der Waals surface area contributed by atoms with Crippen LogP contribution in [0.15, 0.2) is 60.7 Å². The lowest BCUT2D eigenvalue weighted by atomic mass is 9.72. The Morgan fingerprint density at radius 1 is 1.03 bits per heavy atom. The van der Waals surface area contributed by atoms with Gasteiger partial charge in [0.25, 0.3) is 0 Å². The number of hydrogen-bond acceptors (Lipinski definition) is 5. The fraction of sp³-hybridized carbons (Fsp3) is 0.440. The van der Waals surface area contributed by atoms with Crippen LogP contribution in [-0.2, 0) is 19.7 Å². The minimum Gasteiger partial charge on any atom is -0.392 e. The molecule has 1 saturated heterocycles. The number of carbonyl (C=O) groups excluding carboxylic acids is 2. The molecule has 1 heterocycles. The number of β-amino-alcohol motifs (C(OH)–C–C–N with tert-alkyl or cyclic N) is 1. The van der Waals surface area contributed by atoms with Crippen LogP contribution in [0.1, 0.15) is 50.3 Å². The van der Waals surface area contributed by atoms with E-state index in [-0.39, 0.29) is 5.92 Å². The molecule has 0 aliphatic carbocycles. The molecule has 0 saturated carbocycles. The zero-order chi connectivity index (χ0) is 21.6. The molecule has 5 nitrogen and oxygen atoms in total. The van der Waals surface area contributed by atoms with E-state index in [9.17, 15) is 14.7 Å². The first kappa shape index (κ1) is 22.2. The van der Waals surface area contributed by atoms with E-state index in [1.165, 1.54) is 0 Å². The Hall–Kier alpha value is -2.50. The molecule has 2 unspecified atom stereocenters. The lowest BCUT2D eigenvalue weighted by molar-refractivity contribution is -0.168. The van der Waals surface area contributed by atoms with Crippen LogP contribution >= 0.6 is 0 Å². The molecular weight excluding hydrogens is 378 g/mol. The Morgan fingerprint density at radius 2 is 1.60 bits per heavy atom. The van der Waals surface area contributed by atoms with Crippen LogP contribution in [0.2, 0.25) is 0 Å². The molecule has 1 aliphatic rings. The summed E-state index contributed by atoms with van der Waals surface area (Å²) in [6, 6.07) is 19.2. The third-order valence-electron chi connectivity index (χ3n) is 6.25. The molecule has 0 bridgehead atoms. The first-order chi connectivity index (χ1) is 14.5. The SMILES string of the molecule is CCC(C)C(=O)OC(=O)C1(c2ccccc2)CCN(CC(O)c2ccccc2)CC1. The van der Waals surface area contributed by atoms with Gasteiger partial charge in [-0.1, -0.05) is 74.5 Å². The summed E-state index contributed by atoms with van der Waals surface area (Å²) < 4.78 is 5.34. The Bertz CT molecular complexity index is 829. The molecule has 2 aromatic rings. The van der Waals surface area contributed by atoms with Crippen molar-refractivity contribution in [2.24, 2.45) is 5.92 Å². The highest BCUT2D eigenvalue weighted by atomic mass is 16.6. The predicted molar refractivity (Wildman–Crippen MR) is 116 cm³/mol. The summed E-state index contributed by atoms with van der Waals surface area (Å²) in [5, 5.41) is 10.6. The van der Waals surface area contributed by atoms with E-state index in [1.54, 1.807) is 6.92 Å². The van der Waals surface area contributed by atoms with Gasteiger partial charge in [-0.2, -0.15) is 0 Å². The highest BCUT2D eigenvalue weighted by molar-refractivity contribution is 5.93. The fourth-order valence-electron chi connectivity index (χ4n) is 3.97. The first-order valence-corrected chi connectivity index (χ1v) is 10.7. The number of hydrogen-bond donors (Lipinski definition) is 1. The summed E-state index contributed by atoms with van der Waals surface area (Å²) in [6.07, 6.45) is 1.15. The molecule has 1 N–H and O–H groups in total. The van der Waals surface area contributed by atoms with Gasteiger partial charge in [0, 0.05) is 6.54 Å². The summed E-state index contributed by atoms with van der Waals surface area (Å²) in [6.45, 7) is 5.48. The number of esters is 2. The second kappa shape index (κ2) is 10.0. The minimum absolute atomic E-state index is 0.303. The number of likely N-dealkylation sites (tertiary alicyclic amines) is 1. The molecule has 0 amide bonds. The molecular formula is C25H31NO4. The molecule has 2 aromatic carbocycles. The van der Waals surface area contributed by atoms with Gasteiger partial charge in [-0.3, -0.25) is 9.59 Å². The van der Waals surface area contributed by atoms with Gasteiger partial charge in [-0.25, -0.2) is 0 Å². The smallest absolute Gasteiger partial charge is 0.324 e. The maximum absolute atomic E-state index is 13.2. The molecule has 0 aromatic heterocycles. The molecule has 2 atom stereocenters. The van der Waals surface area contributed by atoms with E-state index in [0.29, 0.717) is 38.9 Å². The van der Waals surface area contributed by atoms with Crippen molar-refractivity contribution in [1.82, 2.24) is 4.90 Å². The monoisotopic (exact) mass is 409 g/mol. The number of aliphatic hydroxyl groups excluding tert-OH is 1. The lowest BCUT2D eigenvalue weighted by Crippen LogP contribution is -2.49. The number of benzene rings is 2. The topological polar surface area (TPSA) is 66.8 Å². The number of carbonyl (C=O) groups is 2. The Kier molecular flexibility index (Phi) is 7.40. The van der Waals surface area contributed by atoms with Crippen molar-refractivity contribution in [1.29, 1.82) is 0 Å². The van der Waals surface area contributed by atoms with E-state index < -0.39 is 23.5 Å². The fourth-order valence-corrected chi connectivity index (χ4v) is 3.97. The zero-order valence-electron chi connectivity index (χ0n) is 17.8. The van der Waals surface area contributed by atoms with Crippen LogP contribution in [0.25, 0.3) is 0 Å². The lowest BCUT2D eigenvalue weighted by Gasteiger charge is -2.40. The molecule has 1 aliphatic heterocycles. The van der Waals surface area contributed by atoms with Gasteiger partial charge in [0.05, 0.1) is 17.4 Å². The molecule has 0 radical (unpaired) electrons. The third-order valence-corrected chi connectivity index (χ3v) is 6.25. The van der Waals surface area contributed by atoms with Crippen molar-refractivity contribution in [3.05, 3.63) is 71.8 Å². The van der Waals surface area contributed by atoms with E-state index >= 15 is 0 Å². The number of ether oxygens (including phenoxy) is 1. The van der Waals surface area contributed by atoms with Crippen molar-refractivity contribution in [3.63, 3.8) is 0 Å². The van der Waals surface area contributed by atoms with Crippen molar-refractivity contribution in [3.8, 4) is 0 Å². The van der Waals surface area contributed by atoms with Crippen molar-refractivity contribution >= 4 is 11.9 Å². The summed E-state index contributed by atoms with van der Waals surface area (Å²) in [5.41, 5.74) is 0.935. The van der Waals surface area contributed by atoms with E-state index in [0.717, 1.165) is 11.1 Å². The predicted octanol–water partition coefficient (Wildman–Crippen LogP) is 3.87. The summed E-state index contributed by atoms with van der Waals surface area (Å²) >= 11 is 0. The number of piperidine rings is 1. The number of rotatable bonds is 7. The molecule has 30 heavy (non-hydrogen) atoms. The van der Waals surface area contributed by atoms with E-state index in [2.05, 4.69) is 4.90 Å². The largest absolute Gasteiger partial charge is 0.392 e. The van der Waals surface area contributed by atoms with Gasteiger partial charge < -0.3 is 14.7 Å². The molecule has 1 fully saturated rings. The summed E-state index contributed by atoms with van der Waals surface area (Å²) in [7, 11) is 0. The third kappa shape index (κ3) is 4.97. The maximum atomic E-state index is 13.2. The molecule has 5 heteroatoms. The Balaban J connectivity index is 1.72. The maximum Gasteiger partial charge on any atom is 0.324 e. The second-order valence-electron chi connectivity index (χ2n) is 8.19. The van der Waals surface area contributed by atoms with E-state index in [1.807, 2.05) is 67.6 Å². The normalized spacial score (nSPS) is 18.4. The van der Waals surface area contributed by atoms with Crippen LogP contribution in [0.5, 0.6) is 0 Å². The standard InChI is InChI=1S/C25H31NO4/c1-3-19(2)23(28)30-24(29)25(21-12-8-5-9-13-21)14-16-26(17-15-25)18-22(27)20-10-6-4-7-11-20/h4-13,19,22,27H,3,14-18H2,1-2H3. The van der Waals surface area contributed by atoms with Crippen molar-refractivity contribution < 1.29 is 19.4 Å². The Morgan fingerprint density at radius 3 is 2.17 bits per heavy atom. The summed E-state index contributed by atoms with van der Waals surface area (Å²) in [5.74, 6) is -1.22. The average molecular weight is 410 g/mol. The van der Waals surface area contributed by atoms with Gasteiger partial charge in [-0.15, -0.1) is 0 Å². The van der Waals surface area contributed by atoms with Gasteiger partial charge in [0.2, 0.25) is 0 Å². The second-order valence-corrected chi connectivity index (χ2v) is 8.19. The first-order valence-electron chi connectivity index (χ1n) is 10.7. The van der Waals surface area contributed by atoms with Crippen LogP contribution in [-0.4, -0.2) is 41.6 Å². The van der Waals surface area contributed by atoms with Crippen molar-refractivity contribution in [2.45, 2.75) is 44.6 Å². The quantitative estimate of drug-likeness (QED) is 0.555. The minimum atomic E-state index is -0.835. The van der Waals surface area contributed by atoms with Gasteiger partial charge >= 0.3 is 11.9 Å². The van der Waals surface area contributed by atoms with Crippen LogP contribution in [0.4, 0.5) is 0 Å². The average Bonchev–Trinajstić information content (AvgIpc) is 2.80. The van der Waals surface area contributed by atoms with E-state index in [4.69, 9.17) is 4.74 Å². The van der Waals surface area contributed by atoms with Gasteiger partial charge in [0.15, 0.2) is 0 Å². The van der Waals surface area contributed by atoms with Gasteiger partial charge in [0.1, 0.15) is 0 Å². The molecule has 160 valence electrons. The summed E-state index contributed by atoms with van der Waals surface area (Å²) in [4.78, 5) is 27.6. The van der Waals surface area contributed by atoms with Crippen LogP contribution in [0.3, 0.4) is 0 Å². The Labute approximate surface area is 178 Å². The molecule has 3 rings (SSSR count). The highest BCUT2D eigenvalue weighted by Gasteiger charge is 2.45. The number of nitrogens with zero attached hydrogens (tertiary/aromatic N) is 1. The van der Waals surface area contributed by atoms with Crippen molar-refractivity contribution in [2.75, 3.05) is 19.6 Å². The zero-order valence-corrected chi connectivity index (χ0v) is 17.8. The number of aliphatic hydroxyl groups is 1. The van der Waals surface area contributed by atoms with Crippen LogP contribution in [0, 0.1) is 5.92 Å². The van der Waals surface area contributed by atoms with Crippen LogP contribution < -0.4 is 0 Å². The van der Waals surface area contributed by atoms with Gasteiger partial charge in [-0.05, 0) is 43.5 Å². The molecule has 0 spiro atoms.